The van der Waals surface area contributed by atoms with Crippen molar-refractivity contribution in [3.8, 4) is 0 Å². The molecule has 1 heterocycles. The van der Waals surface area contributed by atoms with Crippen LogP contribution in [0, 0.1) is 13.8 Å². The van der Waals surface area contributed by atoms with Crippen molar-refractivity contribution in [1.29, 1.82) is 0 Å². The van der Waals surface area contributed by atoms with E-state index in [0.717, 1.165) is 17.1 Å². The standard InChI is InChI=1S/C19H26N2/c1-13-7-12-18(15(3)20-13)21-14(2)16-8-10-17(11-9-16)19(4,5)6/h7-12,14,21H,1-6H3. The SMILES string of the molecule is Cc1ccc(NC(C)c2ccc(C(C)(C)C)cc2)c(C)n1. The number of nitrogens with one attached hydrogen (secondary N) is 1. The zero-order valence-electron chi connectivity index (χ0n) is 14.0. The van der Waals surface area contributed by atoms with Gasteiger partial charge in [-0.3, -0.25) is 4.98 Å². The zero-order chi connectivity index (χ0) is 15.6. The Morgan fingerprint density at radius 3 is 2.10 bits per heavy atom. The maximum absolute atomic E-state index is 4.50. The van der Waals surface area contributed by atoms with E-state index in [0.29, 0.717) is 0 Å². The summed E-state index contributed by atoms with van der Waals surface area (Å²) >= 11 is 0. The molecule has 0 saturated carbocycles. The minimum atomic E-state index is 0.201. The van der Waals surface area contributed by atoms with Gasteiger partial charge in [-0.25, -0.2) is 0 Å². The monoisotopic (exact) mass is 282 g/mol. The fraction of sp³-hybridized carbons (Fsp3) is 0.421. The first-order valence-electron chi connectivity index (χ1n) is 7.58. The normalized spacial score (nSPS) is 13.0. The Kier molecular flexibility index (Phi) is 4.36. The maximum Gasteiger partial charge on any atom is 0.0607 e. The Hall–Kier alpha value is -1.83. The van der Waals surface area contributed by atoms with Gasteiger partial charge in [0.15, 0.2) is 0 Å². The summed E-state index contributed by atoms with van der Waals surface area (Å²) in [7, 11) is 0. The molecule has 0 radical (unpaired) electrons. The quantitative estimate of drug-likeness (QED) is 0.840. The lowest BCUT2D eigenvalue weighted by Gasteiger charge is -2.21. The van der Waals surface area contributed by atoms with Crippen molar-refractivity contribution in [3.05, 3.63) is 58.9 Å². The molecule has 2 aromatic rings. The third kappa shape index (κ3) is 3.84. The van der Waals surface area contributed by atoms with Crippen molar-refractivity contribution in [2.75, 3.05) is 5.32 Å². The highest BCUT2D eigenvalue weighted by Gasteiger charge is 2.14. The van der Waals surface area contributed by atoms with Crippen LogP contribution in [0.5, 0.6) is 0 Å². The topological polar surface area (TPSA) is 24.9 Å². The van der Waals surface area contributed by atoms with Crippen LogP contribution in [0.15, 0.2) is 36.4 Å². The second-order valence-electron chi connectivity index (χ2n) is 6.82. The Bertz CT molecular complexity index is 606. The number of pyridine rings is 1. The molecule has 0 amide bonds. The Labute approximate surface area is 128 Å². The van der Waals surface area contributed by atoms with Gasteiger partial charge in [-0.2, -0.15) is 0 Å². The van der Waals surface area contributed by atoms with E-state index in [9.17, 15) is 0 Å². The minimum Gasteiger partial charge on any atom is -0.377 e. The smallest absolute Gasteiger partial charge is 0.0607 e. The molecule has 2 rings (SSSR count). The number of rotatable bonds is 3. The van der Waals surface area contributed by atoms with Gasteiger partial charge >= 0.3 is 0 Å². The first-order chi connectivity index (χ1) is 9.77. The highest BCUT2D eigenvalue weighted by atomic mass is 14.9. The molecule has 0 saturated heterocycles. The summed E-state index contributed by atoms with van der Waals surface area (Å²) in [6.07, 6.45) is 0. The minimum absolute atomic E-state index is 0.201. The molecule has 1 N–H and O–H groups in total. The van der Waals surface area contributed by atoms with E-state index in [2.05, 4.69) is 68.3 Å². The molecule has 2 nitrogen and oxygen atoms in total. The molecule has 0 aliphatic rings. The molecule has 1 aromatic heterocycles. The van der Waals surface area contributed by atoms with Crippen LogP contribution in [-0.4, -0.2) is 4.98 Å². The summed E-state index contributed by atoms with van der Waals surface area (Å²) in [5, 5.41) is 3.55. The summed E-state index contributed by atoms with van der Waals surface area (Å²) in [5.41, 5.74) is 6.07. The number of aryl methyl sites for hydroxylation is 2. The molecule has 0 fully saturated rings. The van der Waals surface area contributed by atoms with Crippen LogP contribution in [0.25, 0.3) is 0 Å². The largest absolute Gasteiger partial charge is 0.377 e. The molecule has 2 heteroatoms. The van der Waals surface area contributed by atoms with Crippen LogP contribution in [0.3, 0.4) is 0 Å². The predicted molar refractivity (Wildman–Crippen MR) is 90.9 cm³/mol. The number of hydrogen-bond donors (Lipinski definition) is 1. The number of benzene rings is 1. The van der Waals surface area contributed by atoms with Crippen molar-refractivity contribution in [3.63, 3.8) is 0 Å². The molecular weight excluding hydrogens is 256 g/mol. The number of nitrogens with zero attached hydrogens (tertiary/aromatic N) is 1. The highest BCUT2D eigenvalue weighted by molar-refractivity contribution is 5.49. The number of hydrogen-bond acceptors (Lipinski definition) is 2. The molecule has 0 aliphatic carbocycles. The van der Waals surface area contributed by atoms with Crippen molar-refractivity contribution >= 4 is 5.69 Å². The van der Waals surface area contributed by atoms with Gasteiger partial charge in [0.25, 0.3) is 0 Å². The molecule has 1 aromatic carbocycles. The van der Waals surface area contributed by atoms with E-state index >= 15 is 0 Å². The van der Waals surface area contributed by atoms with E-state index in [-0.39, 0.29) is 11.5 Å². The molecule has 0 aliphatic heterocycles. The van der Waals surface area contributed by atoms with E-state index in [1.807, 2.05) is 19.9 Å². The fourth-order valence-electron chi connectivity index (χ4n) is 2.43. The second kappa shape index (κ2) is 5.88. The van der Waals surface area contributed by atoms with Crippen LogP contribution in [0.2, 0.25) is 0 Å². The lowest BCUT2D eigenvalue weighted by atomic mass is 9.86. The van der Waals surface area contributed by atoms with Gasteiger partial charge in [0, 0.05) is 11.7 Å². The first-order valence-corrected chi connectivity index (χ1v) is 7.58. The van der Waals surface area contributed by atoms with Gasteiger partial charge < -0.3 is 5.32 Å². The van der Waals surface area contributed by atoms with Gasteiger partial charge in [-0.05, 0) is 49.4 Å². The summed E-state index contributed by atoms with van der Waals surface area (Å²) in [6.45, 7) is 13.0. The summed E-state index contributed by atoms with van der Waals surface area (Å²) < 4.78 is 0. The Morgan fingerprint density at radius 2 is 1.57 bits per heavy atom. The number of anilines is 1. The first kappa shape index (κ1) is 15.6. The van der Waals surface area contributed by atoms with E-state index in [1.165, 1.54) is 11.1 Å². The second-order valence-corrected chi connectivity index (χ2v) is 6.82. The van der Waals surface area contributed by atoms with E-state index in [4.69, 9.17) is 0 Å². The molecule has 21 heavy (non-hydrogen) atoms. The van der Waals surface area contributed by atoms with E-state index in [1.54, 1.807) is 0 Å². The summed E-state index contributed by atoms with van der Waals surface area (Å²) in [6, 6.07) is 13.3. The predicted octanol–water partition coefficient (Wildman–Crippen LogP) is 5.17. The zero-order valence-corrected chi connectivity index (χ0v) is 14.0. The molecule has 0 spiro atoms. The Balaban J connectivity index is 2.15. The van der Waals surface area contributed by atoms with Crippen molar-refractivity contribution in [2.45, 2.75) is 53.0 Å². The Morgan fingerprint density at radius 1 is 0.952 bits per heavy atom. The summed E-state index contributed by atoms with van der Waals surface area (Å²) in [4.78, 5) is 4.50. The van der Waals surface area contributed by atoms with Gasteiger partial charge in [-0.15, -0.1) is 0 Å². The van der Waals surface area contributed by atoms with Crippen molar-refractivity contribution in [2.24, 2.45) is 0 Å². The third-order valence-electron chi connectivity index (χ3n) is 3.87. The van der Waals surface area contributed by atoms with Crippen LogP contribution in [0.4, 0.5) is 5.69 Å². The van der Waals surface area contributed by atoms with Gasteiger partial charge in [0.05, 0.1) is 11.4 Å². The third-order valence-corrected chi connectivity index (χ3v) is 3.87. The molecule has 1 atom stereocenters. The van der Waals surface area contributed by atoms with Crippen LogP contribution in [-0.2, 0) is 5.41 Å². The van der Waals surface area contributed by atoms with Crippen LogP contribution < -0.4 is 5.32 Å². The van der Waals surface area contributed by atoms with E-state index < -0.39 is 0 Å². The van der Waals surface area contributed by atoms with Gasteiger partial charge in [0.2, 0.25) is 0 Å². The van der Waals surface area contributed by atoms with Crippen molar-refractivity contribution < 1.29 is 0 Å². The van der Waals surface area contributed by atoms with Crippen molar-refractivity contribution in [1.82, 2.24) is 4.98 Å². The van der Waals surface area contributed by atoms with Crippen LogP contribution in [0.1, 0.15) is 56.3 Å². The average molecular weight is 282 g/mol. The van der Waals surface area contributed by atoms with Gasteiger partial charge in [-0.1, -0.05) is 45.0 Å². The molecule has 1 unspecified atom stereocenters. The maximum atomic E-state index is 4.50. The summed E-state index contributed by atoms with van der Waals surface area (Å²) in [5.74, 6) is 0. The highest BCUT2D eigenvalue weighted by Crippen LogP contribution is 2.26. The molecular formula is C19H26N2. The lowest BCUT2D eigenvalue weighted by molar-refractivity contribution is 0.589. The lowest BCUT2D eigenvalue weighted by Crippen LogP contribution is -2.12. The fourth-order valence-corrected chi connectivity index (χ4v) is 2.43. The molecule has 0 bridgehead atoms. The molecule has 112 valence electrons. The number of aromatic nitrogens is 1. The van der Waals surface area contributed by atoms with Gasteiger partial charge in [0.1, 0.15) is 0 Å². The average Bonchev–Trinajstić information content (AvgIpc) is 2.41. The van der Waals surface area contributed by atoms with Crippen LogP contribution >= 0.6 is 0 Å².